The van der Waals surface area contributed by atoms with Gasteiger partial charge in [-0.1, -0.05) is 40.2 Å². The first-order valence-electron chi connectivity index (χ1n) is 7.78. The molecule has 0 N–H and O–H groups in total. The van der Waals surface area contributed by atoms with Gasteiger partial charge in [-0.15, -0.1) is 0 Å². The highest BCUT2D eigenvalue weighted by molar-refractivity contribution is 9.10. The minimum atomic E-state index is 0.0396. The number of hydrogen-bond acceptors (Lipinski definition) is 2. The van der Waals surface area contributed by atoms with E-state index in [-0.39, 0.29) is 12.5 Å². The molecule has 0 atom stereocenters. The van der Waals surface area contributed by atoms with Crippen molar-refractivity contribution in [1.82, 2.24) is 4.90 Å². The quantitative estimate of drug-likeness (QED) is 0.812. The Morgan fingerprint density at radius 1 is 1.17 bits per heavy atom. The number of rotatable bonds is 3. The summed E-state index contributed by atoms with van der Waals surface area (Å²) in [7, 11) is 0. The molecule has 0 radical (unpaired) electrons. The fourth-order valence-electron chi connectivity index (χ4n) is 2.93. The molecule has 0 spiro atoms. The van der Waals surface area contributed by atoms with Gasteiger partial charge >= 0.3 is 0 Å². The number of carbonyl (C=O) groups is 1. The van der Waals surface area contributed by atoms with E-state index in [0.29, 0.717) is 6.54 Å². The predicted octanol–water partition coefficient (Wildman–Crippen LogP) is 4.03. The number of carbonyl (C=O) groups excluding carboxylic acids is 1. The van der Waals surface area contributed by atoms with Crippen LogP contribution in [0.2, 0.25) is 0 Å². The molecule has 1 amide bonds. The SMILES string of the molecule is Cc1cc(OCC(=O)N2CCc3ccccc3C2)cc(C)c1Br. The van der Waals surface area contributed by atoms with Crippen molar-refractivity contribution < 1.29 is 9.53 Å². The molecule has 0 aliphatic carbocycles. The molecule has 0 saturated heterocycles. The van der Waals surface area contributed by atoms with Crippen LogP contribution in [0.25, 0.3) is 0 Å². The van der Waals surface area contributed by atoms with Gasteiger partial charge in [-0.2, -0.15) is 0 Å². The van der Waals surface area contributed by atoms with Gasteiger partial charge in [0.2, 0.25) is 0 Å². The van der Waals surface area contributed by atoms with Crippen LogP contribution in [0, 0.1) is 13.8 Å². The molecule has 3 rings (SSSR count). The van der Waals surface area contributed by atoms with Crippen LogP contribution in [0.1, 0.15) is 22.3 Å². The zero-order valence-corrected chi connectivity index (χ0v) is 15.0. The number of halogens is 1. The molecule has 1 heterocycles. The molecule has 1 aliphatic rings. The van der Waals surface area contributed by atoms with Gasteiger partial charge in [-0.3, -0.25) is 4.79 Å². The fourth-order valence-corrected chi connectivity index (χ4v) is 3.16. The molecule has 2 aromatic rings. The molecule has 4 heteroatoms. The molecule has 23 heavy (non-hydrogen) atoms. The van der Waals surface area contributed by atoms with Crippen LogP contribution in [0.5, 0.6) is 5.75 Å². The monoisotopic (exact) mass is 373 g/mol. The lowest BCUT2D eigenvalue weighted by Crippen LogP contribution is -2.38. The van der Waals surface area contributed by atoms with Crippen LogP contribution >= 0.6 is 15.9 Å². The van der Waals surface area contributed by atoms with E-state index < -0.39 is 0 Å². The van der Waals surface area contributed by atoms with E-state index in [2.05, 4.69) is 34.1 Å². The maximum absolute atomic E-state index is 12.4. The lowest BCUT2D eigenvalue weighted by atomic mass is 10.00. The molecule has 0 aromatic heterocycles. The molecule has 120 valence electrons. The van der Waals surface area contributed by atoms with Crippen LogP contribution in [0.15, 0.2) is 40.9 Å². The standard InChI is InChI=1S/C19H20BrNO2/c1-13-9-17(10-14(2)19(13)20)23-12-18(22)21-8-7-15-5-3-4-6-16(15)11-21/h3-6,9-10H,7-8,11-12H2,1-2H3. The summed E-state index contributed by atoms with van der Waals surface area (Å²) in [5, 5.41) is 0. The van der Waals surface area contributed by atoms with Gasteiger partial charge in [0.25, 0.3) is 5.91 Å². The molecule has 2 aromatic carbocycles. The van der Waals surface area contributed by atoms with Gasteiger partial charge < -0.3 is 9.64 Å². The van der Waals surface area contributed by atoms with Crippen molar-refractivity contribution in [3.63, 3.8) is 0 Å². The van der Waals surface area contributed by atoms with Crippen LogP contribution in [0.3, 0.4) is 0 Å². The summed E-state index contributed by atoms with van der Waals surface area (Å²) in [5.41, 5.74) is 4.80. The van der Waals surface area contributed by atoms with Crippen LogP contribution in [-0.2, 0) is 17.8 Å². The molecule has 0 unspecified atom stereocenters. The molecule has 1 aliphatic heterocycles. The second kappa shape index (κ2) is 6.75. The van der Waals surface area contributed by atoms with Gasteiger partial charge in [-0.25, -0.2) is 0 Å². The highest BCUT2D eigenvalue weighted by Gasteiger charge is 2.20. The number of hydrogen-bond donors (Lipinski definition) is 0. The third-order valence-corrected chi connectivity index (χ3v) is 5.51. The minimum Gasteiger partial charge on any atom is -0.484 e. The van der Waals surface area contributed by atoms with Crippen molar-refractivity contribution in [2.75, 3.05) is 13.2 Å². The van der Waals surface area contributed by atoms with Gasteiger partial charge in [0.1, 0.15) is 5.75 Å². The molecular weight excluding hydrogens is 354 g/mol. The lowest BCUT2D eigenvalue weighted by molar-refractivity contribution is -0.134. The maximum atomic E-state index is 12.4. The summed E-state index contributed by atoms with van der Waals surface area (Å²) in [6, 6.07) is 12.2. The predicted molar refractivity (Wildman–Crippen MR) is 94.7 cm³/mol. The van der Waals surface area contributed by atoms with Crippen LogP contribution in [-0.4, -0.2) is 24.0 Å². The third-order valence-electron chi connectivity index (χ3n) is 4.26. The molecule has 3 nitrogen and oxygen atoms in total. The average molecular weight is 374 g/mol. The van der Waals surface area contributed by atoms with Crippen molar-refractivity contribution >= 4 is 21.8 Å². The number of ether oxygens (including phenoxy) is 1. The van der Waals surface area contributed by atoms with E-state index in [1.165, 1.54) is 11.1 Å². The number of benzene rings is 2. The van der Waals surface area contributed by atoms with Gasteiger partial charge in [-0.05, 0) is 54.7 Å². The Kier molecular flexibility index (Phi) is 4.71. The van der Waals surface area contributed by atoms with E-state index >= 15 is 0 Å². The van der Waals surface area contributed by atoms with E-state index in [1.54, 1.807) is 0 Å². The largest absolute Gasteiger partial charge is 0.484 e. The minimum absolute atomic E-state index is 0.0396. The first-order valence-corrected chi connectivity index (χ1v) is 8.58. The Bertz CT molecular complexity index is 719. The normalized spacial score (nSPS) is 13.6. The summed E-state index contributed by atoms with van der Waals surface area (Å²) in [4.78, 5) is 14.3. The zero-order chi connectivity index (χ0) is 16.4. The highest BCUT2D eigenvalue weighted by atomic mass is 79.9. The van der Waals surface area contributed by atoms with Gasteiger partial charge in [0.05, 0.1) is 0 Å². The average Bonchev–Trinajstić information content (AvgIpc) is 2.57. The number of amides is 1. The van der Waals surface area contributed by atoms with E-state index in [9.17, 15) is 4.79 Å². The maximum Gasteiger partial charge on any atom is 0.260 e. The second-order valence-electron chi connectivity index (χ2n) is 5.99. The smallest absolute Gasteiger partial charge is 0.260 e. The van der Waals surface area contributed by atoms with Gasteiger partial charge in [0, 0.05) is 17.6 Å². The molecule has 0 fully saturated rings. The zero-order valence-electron chi connectivity index (χ0n) is 13.4. The van der Waals surface area contributed by atoms with Crippen LogP contribution < -0.4 is 4.74 Å². The number of aryl methyl sites for hydroxylation is 2. The Labute approximate surface area is 145 Å². The van der Waals surface area contributed by atoms with E-state index in [4.69, 9.17) is 4.74 Å². The van der Waals surface area contributed by atoms with Gasteiger partial charge in [0.15, 0.2) is 6.61 Å². The highest BCUT2D eigenvalue weighted by Crippen LogP contribution is 2.26. The Hall–Kier alpha value is -1.81. The molecule has 0 saturated carbocycles. The third kappa shape index (κ3) is 3.58. The summed E-state index contributed by atoms with van der Waals surface area (Å²) in [6.45, 7) is 5.57. The second-order valence-corrected chi connectivity index (χ2v) is 6.79. The fraction of sp³-hybridized carbons (Fsp3) is 0.316. The first kappa shape index (κ1) is 16.1. The van der Waals surface area contributed by atoms with Crippen molar-refractivity contribution in [3.8, 4) is 5.75 Å². The molecular formula is C19H20BrNO2. The first-order chi connectivity index (χ1) is 11.0. The lowest BCUT2D eigenvalue weighted by Gasteiger charge is -2.28. The van der Waals surface area contributed by atoms with Crippen LogP contribution in [0.4, 0.5) is 0 Å². The summed E-state index contributed by atoms with van der Waals surface area (Å²) in [6.07, 6.45) is 0.915. The van der Waals surface area contributed by atoms with E-state index in [0.717, 1.165) is 34.3 Å². The number of nitrogens with zero attached hydrogens (tertiary/aromatic N) is 1. The summed E-state index contributed by atoms with van der Waals surface area (Å²) >= 11 is 3.54. The summed E-state index contributed by atoms with van der Waals surface area (Å²) < 4.78 is 6.80. The Balaban J connectivity index is 1.62. The summed E-state index contributed by atoms with van der Waals surface area (Å²) in [5.74, 6) is 0.784. The van der Waals surface area contributed by atoms with Crippen molar-refractivity contribution in [3.05, 3.63) is 63.1 Å². The topological polar surface area (TPSA) is 29.5 Å². The number of fused-ring (bicyclic) bond motifs is 1. The van der Waals surface area contributed by atoms with Crippen molar-refractivity contribution in [1.29, 1.82) is 0 Å². The van der Waals surface area contributed by atoms with Crippen molar-refractivity contribution in [2.45, 2.75) is 26.8 Å². The Morgan fingerprint density at radius 2 is 1.83 bits per heavy atom. The van der Waals surface area contributed by atoms with E-state index in [1.807, 2.05) is 36.9 Å². The molecule has 0 bridgehead atoms. The Morgan fingerprint density at radius 3 is 2.52 bits per heavy atom. The van der Waals surface area contributed by atoms with Crippen molar-refractivity contribution in [2.24, 2.45) is 0 Å².